The summed E-state index contributed by atoms with van der Waals surface area (Å²) in [5, 5.41) is 16.8. The van der Waals surface area contributed by atoms with E-state index < -0.39 is 0 Å². The summed E-state index contributed by atoms with van der Waals surface area (Å²) in [4.78, 5) is 15.9. The van der Waals surface area contributed by atoms with Crippen LogP contribution in [0.3, 0.4) is 0 Å². The highest BCUT2D eigenvalue weighted by atomic mass is 16.2. The minimum Gasteiger partial charge on any atom is -0.338 e. The maximum atomic E-state index is 12.0. The fraction of sp³-hybridized carbons (Fsp3) is 0.267. The fourth-order valence-electron chi connectivity index (χ4n) is 2.26. The molecule has 0 aliphatic carbocycles. The van der Waals surface area contributed by atoms with E-state index in [4.69, 9.17) is 0 Å². The molecule has 0 fully saturated rings. The normalized spacial score (nSPS) is 10.5. The van der Waals surface area contributed by atoms with Crippen LogP contribution in [0.15, 0.2) is 43.2 Å². The van der Waals surface area contributed by atoms with Gasteiger partial charge < -0.3 is 15.2 Å². The number of aromatic nitrogens is 6. The Labute approximate surface area is 138 Å². The van der Waals surface area contributed by atoms with Crippen LogP contribution in [0.5, 0.6) is 0 Å². The summed E-state index contributed by atoms with van der Waals surface area (Å²) >= 11 is 0. The van der Waals surface area contributed by atoms with Crippen LogP contribution < -0.4 is 10.6 Å². The van der Waals surface area contributed by atoms with E-state index in [1.165, 1.54) is 6.33 Å². The maximum Gasteiger partial charge on any atom is 0.319 e. The molecule has 24 heavy (non-hydrogen) atoms. The standard InChI is InChI=1S/C15H18N8O/c1-12-3-4-13(9-14(12)23-11-18-20-21-23)19-15(24)17-5-2-7-22-8-6-16-10-22/h3-4,6,8-11H,2,5,7H2,1H3,(H2,17,19,24). The number of hydrogen-bond acceptors (Lipinski definition) is 5. The van der Waals surface area contributed by atoms with E-state index in [-0.39, 0.29) is 6.03 Å². The molecule has 9 nitrogen and oxygen atoms in total. The Kier molecular flexibility index (Phi) is 4.80. The van der Waals surface area contributed by atoms with Crippen molar-refractivity contribution in [2.45, 2.75) is 19.9 Å². The second-order valence-electron chi connectivity index (χ2n) is 5.29. The van der Waals surface area contributed by atoms with Gasteiger partial charge in [0, 0.05) is 31.2 Å². The molecule has 2 N–H and O–H groups in total. The quantitative estimate of drug-likeness (QED) is 0.666. The van der Waals surface area contributed by atoms with Gasteiger partial charge in [-0.3, -0.25) is 0 Å². The number of tetrazole rings is 1. The smallest absolute Gasteiger partial charge is 0.319 e. The average Bonchev–Trinajstić information content (AvgIpc) is 3.27. The number of nitrogens with one attached hydrogen (secondary N) is 2. The van der Waals surface area contributed by atoms with Gasteiger partial charge >= 0.3 is 6.03 Å². The SMILES string of the molecule is Cc1ccc(NC(=O)NCCCn2ccnc2)cc1-n1cnnn1. The molecule has 0 unspecified atom stereocenters. The van der Waals surface area contributed by atoms with Crippen molar-refractivity contribution >= 4 is 11.7 Å². The summed E-state index contributed by atoms with van der Waals surface area (Å²) in [5.74, 6) is 0. The van der Waals surface area contributed by atoms with E-state index in [0.29, 0.717) is 12.2 Å². The number of amides is 2. The van der Waals surface area contributed by atoms with Gasteiger partial charge in [-0.15, -0.1) is 5.10 Å². The van der Waals surface area contributed by atoms with Crippen molar-refractivity contribution in [3.05, 3.63) is 48.8 Å². The lowest BCUT2D eigenvalue weighted by Gasteiger charge is -2.10. The molecule has 1 aromatic carbocycles. The number of aryl methyl sites for hydroxylation is 2. The minimum atomic E-state index is -0.243. The highest BCUT2D eigenvalue weighted by Crippen LogP contribution is 2.18. The first-order valence-corrected chi connectivity index (χ1v) is 7.57. The summed E-state index contributed by atoms with van der Waals surface area (Å²) in [5.41, 5.74) is 2.50. The van der Waals surface area contributed by atoms with Crippen molar-refractivity contribution < 1.29 is 4.79 Å². The van der Waals surface area contributed by atoms with Gasteiger partial charge in [-0.2, -0.15) is 0 Å². The number of hydrogen-bond donors (Lipinski definition) is 2. The fourth-order valence-corrected chi connectivity index (χ4v) is 2.26. The Hall–Kier alpha value is -3.23. The second kappa shape index (κ2) is 7.36. The number of nitrogens with zero attached hydrogens (tertiary/aromatic N) is 6. The molecule has 0 atom stereocenters. The molecule has 2 heterocycles. The predicted octanol–water partition coefficient (Wildman–Crippen LogP) is 1.38. The van der Waals surface area contributed by atoms with Crippen molar-refractivity contribution in [2.24, 2.45) is 0 Å². The summed E-state index contributed by atoms with van der Waals surface area (Å²) < 4.78 is 3.53. The number of urea groups is 1. The van der Waals surface area contributed by atoms with E-state index in [2.05, 4.69) is 31.1 Å². The van der Waals surface area contributed by atoms with Gasteiger partial charge in [0.1, 0.15) is 6.33 Å². The van der Waals surface area contributed by atoms with Crippen LogP contribution in [-0.2, 0) is 6.54 Å². The first-order valence-electron chi connectivity index (χ1n) is 7.57. The van der Waals surface area contributed by atoms with Crippen molar-refractivity contribution in [1.82, 2.24) is 35.1 Å². The van der Waals surface area contributed by atoms with Gasteiger partial charge in [0.05, 0.1) is 12.0 Å². The summed E-state index contributed by atoms with van der Waals surface area (Å²) in [7, 11) is 0. The average molecular weight is 326 g/mol. The van der Waals surface area contributed by atoms with Crippen LogP contribution in [0, 0.1) is 6.92 Å². The van der Waals surface area contributed by atoms with Crippen LogP contribution >= 0.6 is 0 Å². The molecular formula is C15H18N8O. The molecule has 0 spiro atoms. The lowest BCUT2D eigenvalue weighted by Crippen LogP contribution is -2.30. The lowest BCUT2D eigenvalue weighted by molar-refractivity contribution is 0.252. The number of rotatable bonds is 6. The summed E-state index contributed by atoms with van der Waals surface area (Å²) in [6, 6.07) is 5.34. The molecule has 3 aromatic rings. The Morgan fingerprint density at radius 3 is 2.96 bits per heavy atom. The molecule has 9 heteroatoms. The minimum absolute atomic E-state index is 0.243. The van der Waals surface area contributed by atoms with Crippen LogP contribution in [-0.4, -0.2) is 42.3 Å². The summed E-state index contributed by atoms with van der Waals surface area (Å²) in [6.07, 6.45) is 7.73. The third-order valence-corrected chi connectivity index (χ3v) is 3.50. The van der Waals surface area contributed by atoms with Gasteiger partial charge in [-0.05, 0) is 41.5 Å². The molecular weight excluding hydrogens is 308 g/mol. The van der Waals surface area contributed by atoms with E-state index >= 15 is 0 Å². The molecule has 2 amide bonds. The monoisotopic (exact) mass is 326 g/mol. The highest BCUT2D eigenvalue weighted by Gasteiger charge is 2.06. The van der Waals surface area contributed by atoms with Gasteiger partial charge in [0.25, 0.3) is 0 Å². The molecule has 124 valence electrons. The topological polar surface area (TPSA) is 103 Å². The van der Waals surface area contributed by atoms with Gasteiger partial charge in [0.15, 0.2) is 0 Å². The highest BCUT2D eigenvalue weighted by molar-refractivity contribution is 5.89. The number of carbonyl (C=O) groups is 1. The zero-order valence-electron chi connectivity index (χ0n) is 13.3. The third kappa shape index (κ3) is 3.94. The van der Waals surface area contributed by atoms with Crippen molar-refractivity contribution in [1.29, 1.82) is 0 Å². The second-order valence-corrected chi connectivity index (χ2v) is 5.29. The molecule has 0 bridgehead atoms. The Balaban J connectivity index is 1.52. The predicted molar refractivity (Wildman–Crippen MR) is 87.8 cm³/mol. The van der Waals surface area contributed by atoms with Crippen LogP contribution in [0.1, 0.15) is 12.0 Å². The van der Waals surface area contributed by atoms with Crippen LogP contribution in [0.4, 0.5) is 10.5 Å². The molecule has 0 aliphatic rings. The maximum absolute atomic E-state index is 12.0. The van der Waals surface area contributed by atoms with E-state index in [1.54, 1.807) is 17.2 Å². The van der Waals surface area contributed by atoms with Crippen LogP contribution in [0.25, 0.3) is 5.69 Å². The largest absolute Gasteiger partial charge is 0.338 e. The molecule has 0 aliphatic heterocycles. The first-order chi connectivity index (χ1) is 11.7. The molecule has 0 saturated heterocycles. The van der Waals surface area contributed by atoms with E-state index in [0.717, 1.165) is 24.2 Å². The van der Waals surface area contributed by atoms with Gasteiger partial charge in [-0.25, -0.2) is 14.5 Å². The zero-order valence-corrected chi connectivity index (χ0v) is 13.3. The number of carbonyl (C=O) groups excluding carboxylic acids is 1. The number of imidazole rings is 1. The van der Waals surface area contributed by atoms with E-state index in [1.807, 2.05) is 35.9 Å². The van der Waals surface area contributed by atoms with E-state index in [9.17, 15) is 4.79 Å². The lowest BCUT2D eigenvalue weighted by atomic mass is 10.2. The molecule has 0 radical (unpaired) electrons. The van der Waals surface area contributed by atoms with Gasteiger partial charge in [-0.1, -0.05) is 6.07 Å². The summed E-state index contributed by atoms with van der Waals surface area (Å²) in [6.45, 7) is 3.35. The number of anilines is 1. The molecule has 3 rings (SSSR count). The first kappa shape index (κ1) is 15.7. The van der Waals surface area contributed by atoms with Crippen LogP contribution in [0.2, 0.25) is 0 Å². The Morgan fingerprint density at radius 1 is 1.29 bits per heavy atom. The number of benzene rings is 1. The van der Waals surface area contributed by atoms with Crippen molar-refractivity contribution in [2.75, 3.05) is 11.9 Å². The van der Waals surface area contributed by atoms with Crippen molar-refractivity contribution in [3.63, 3.8) is 0 Å². The third-order valence-electron chi connectivity index (χ3n) is 3.50. The Morgan fingerprint density at radius 2 is 2.21 bits per heavy atom. The zero-order chi connectivity index (χ0) is 16.8. The molecule has 0 saturated carbocycles. The molecule has 2 aromatic heterocycles. The van der Waals surface area contributed by atoms with Gasteiger partial charge in [0.2, 0.25) is 0 Å². The Bertz CT molecular complexity index is 782. The van der Waals surface area contributed by atoms with Crippen molar-refractivity contribution in [3.8, 4) is 5.69 Å².